The van der Waals surface area contributed by atoms with Gasteiger partial charge in [0.25, 0.3) is 0 Å². The number of benzene rings is 1. The molecule has 1 N–H and O–H groups in total. The third kappa shape index (κ3) is 2.82. The SMILES string of the molecule is C[C@H](F)CN1c2c(cc3c(c2C2CC2)CCNCC3)OC[C@@H]1C. The predicted molar refractivity (Wildman–Crippen MR) is 91.6 cm³/mol. The Hall–Kier alpha value is -1.29. The van der Waals surface area contributed by atoms with Gasteiger partial charge in [-0.1, -0.05) is 0 Å². The number of nitrogens with one attached hydrogen (secondary N) is 1. The molecule has 3 nitrogen and oxygen atoms in total. The Balaban J connectivity index is 1.86. The van der Waals surface area contributed by atoms with Crippen molar-refractivity contribution in [2.24, 2.45) is 0 Å². The fourth-order valence-corrected chi connectivity index (χ4v) is 4.12. The third-order valence-corrected chi connectivity index (χ3v) is 5.36. The highest BCUT2D eigenvalue weighted by Crippen LogP contribution is 2.52. The number of nitrogens with zero attached hydrogens (tertiary/aromatic N) is 1. The Morgan fingerprint density at radius 1 is 1.35 bits per heavy atom. The third-order valence-electron chi connectivity index (χ3n) is 5.36. The molecule has 0 amide bonds. The van der Waals surface area contributed by atoms with E-state index < -0.39 is 6.17 Å². The summed E-state index contributed by atoms with van der Waals surface area (Å²) in [6.07, 6.45) is 3.87. The van der Waals surface area contributed by atoms with Gasteiger partial charge < -0.3 is 15.0 Å². The van der Waals surface area contributed by atoms with Gasteiger partial charge in [-0.25, -0.2) is 4.39 Å². The highest BCUT2D eigenvalue weighted by molar-refractivity contribution is 5.71. The van der Waals surface area contributed by atoms with Crippen molar-refractivity contribution >= 4 is 5.69 Å². The molecule has 1 saturated carbocycles. The highest BCUT2D eigenvalue weighted by atomic mass is 19.1. The van der Waals surface area contributed by atoms with Crippen molar-refractivity contribution in [1.29, 1.82) is 0 Å². The molecule has 3 aliphatic rings. The van der Waals surface area contributed by atoms with Crippen molar-refractivity contribution in [1.82, 2.24) is 5.32 Å². The molecule has 1 fully saturated rings. The molecule has 0 unspecified atom stereocenters. The van der Waals surface area contributed by atoms with Crippen LogP contribution in [-0.4, -0.2) is 38.5 Å². The van der Waals surface area contributed by atoms with Crippen LogP contribution >= 0.6 is 0 Å². The normalized spacial score (nSPS) is 25.2. The number of anilines is 1. The van der Waals surface area contributed by atoms with Gasteiger partial charge in [0.05, 0.1) is 11.7 Å². The summed E-state index contributed by atoms with van der Waals surface area (Å²) in [7, 11) is 0. The van der Waals surface area contributed by atoms with Crippen LogP contribution < -0.4 is 15.0 Å². The first-order chi connectivity index (χ1) is 11.1. The van der Waals surface area contributed by atoms with Crippen LogP contribution in [0.1, 0.15) is 49.3 Å². The summed E-state index contributed by atoms with van der Waals surface area (Å²) in [6.45, 7) is 7.01. The first-order valence-corrected chi connectivity index (χ1v) is 9.08. The summed E-state index contributed by atoms with van der Waals surface area (Å²) in [5, 5.41) is 3.51. The molecule has 0 saturated heterocycles. The highest BCUT2D eigenvalue weighted by Gasteiger charge is 2.37. The molecule has 1 aromatic carbocycles. The molecule has 1 aromatic rings. The maximum atomic E-state index is 13.8. The van der Waals surface area contributed by atoms with Crippen molar-refractivity contribution in [2.45, 2.75) is 57.7 Å². The Morgan fingerprint density at radius 3 is 2.87 bits per heavy atom. The summed E-state index contributed by atoms with van der Waals surface area (Å²) in [6, 6.07) is 2.48. The average Bonchev–Trinajstić information content (AvgIpc) is 3.34. The van der Waals surface area contributed by atoms with Crippen molar-refractivity contribution in [2.75, 3.05) is 31.1 Å². The molecule has 2 aliphatic heterocycles. The monoisotopic (exact) mass is 318 g/mol. The molecular formula is C19H27FN2O. The molecular weight excluding hydrogens is 291 g/mol. The molecule has 4 rings (SSSR count). The summed E-state index contributed by atoms with van der Waals surface area (Å²) < 4.78 is 19.9. The topological polar surface area (TPSA) is 24.5 Å². The molecule has 4 heteroatoms. The van der Waals surface area contributed by atoms with Crippen molar-refractivity contribution in [3.8, 4) is 5.75 Å². The lowest BCUT2D eigenvalue weighted by atomic mass is 9.90. The first-order valence-electron chi connectivity index (χ1n) is 9.08. The van der Waals surface area contributed by atoms with Crippen molar-refractivity contribution in [3.63, 3.8) is 0 Å². The van der Waals surface area contributed by atoms with E-state index >= 15 is 0 Å². The maximum Gasteiger partial charge on any atom is 0.143 e. The summed E-state index contributed by atoms with van der Waals surface area (Å²) in [5.74, 6) is 1.65. The Labute approximate surface area is 138 Å². The first kappa shape index (κ1) is 15.3. The number of halogens is 1. The average molecular weight is 318 g/mol. The largest absolute Gasteiger partial charge is 0.489 e. The zero-order valence-corrected chi connectivity index (χ0v) is 14.2. The fourth-order valence-electron chi connectivity index (χ4n) is 4.12. The second kappa shape index (κ2) is 5.97. The van der Waals surface area contributed by atoms with E-state index in [1.807, 2.05) is 0 Å². The molecule has 0 aromatic heterocycles. The van der Waals surface area contributed by atoms with E-state index in [0.29, 0.717) is 19.1 Å². The minimum Gasteiger partial charge on any atom is -0.489 e. The number of hydrogen-bond donors (Lipinski definition) is 1. The van der Waals surface area contributed by atoms with Gasteiger partial charge >= 0.3 is 0 Å². The van der Waals surface area contributed by atoms with Gasteiger partial charge in [0, 0.05) is 6.54 Å². The van der Waals surface area contributed by atoms with Crippen LogP contribution in [0.5, 0.6) is 5.75 Å². The van der Waals surface area contributed by atoms with Crippen molar-refractivity contribution < 1.29 is 9.13 Å². The molecule has 23 heavy (non-hydrogen) atoms. The second-order valence-electron chi connectivity index (χ2n) is 7.39. The lowest BCUT2D eigenvalue weighted by molar-refractivity contribution is 0.256. The van der Waals surface area contributed by atoms with Crippen LogP contribution in [0, 0.1) is 0 Å². The van der Waals surface area contributed by atoms with Crippen LogP contribution in [0.2, 0.25) is 0 Å². The standard InChI is InChI=1S/C19H27FN2O/c1-12(20)10-22-13(2)11-23-17-9-15-5-7-21-8-6-16(15)18(19(17)22)14-3-4-14/h9,12-14,21H,3-8,10-11H2,1-2H3/t12-,13-/m0/s1. The fraction of sp³-hybridized carbons (Fsp3) is 0.684. The van der Waals surface area contributed by atoms with Crippen LogP contribution in [0.3, 0.4) is 0 Å². The van der Waals surface area contributed by atoms with Crippen LogP contribution in [0.15, 0.2) is 6.07 Å². The van der Waals surface area contributed by atoms with E-state index in [0.717, 1.165) is 31.7 Å². The summed E-state index contributed by atoms with van der Waals surface area (Å²) in [4.78, 5) is 2.27. The molecule has 1 aliphatic carbocycles. The Bertz CT molecular complexity index is 598. The van der Waals surface area contributed by atoms with E-state index in [1.165, 1.54) is 35.2 Å². The zero-order chi connectivity index (χ0) is 16.0. The second-order valence-corrected chi connectivity index (χ2v) is 7.39. The van der Waals surface area contributed by atoms with Gasteiger partial charge in [0.15, 0.2) is 0 Å². The predicted octanol–water partition coefficient (Wildman–Crippen LogP) is 3.20. The number of fused-ring (bicyclic) bond motifs is 2. The van der Waals surface area contributed by atoms with E-state index in [-0.39, 0.29) is 6.04 Å². The van der Waals surface area contributed by atoms with Gasteiger partial charge in [0.2, 0.25) is 0 Å². The summed E-state index contributed by atoms with van der Waals surface area (Å²) >= 11 is 0. The molecule has 0 bridgehead atoms. The van der Waals surface area contributed by atoms with Crippen LogP contribution in [0.25, 0.3) is 0 Å². The quantitative estimate of drug-likeness (QED) is 0.926. The minimum atomic E-state index is -0.823. The minimum absolute atomic E-state index is 0.236. The van der Waals surface area contributed by atoms with Crippen LogP contribution in [-0.2, 0) is 12.8 Å². The van der Waals surface area contributed by atoms with Gasteiger partial charge in [-0.2, -0.15) is 0 Å². The lowest BCUT2D eigenvalue weighted by Crippen LogP contribution is -2.44. The number of rotatable bonds is 3. The Morgan fingerprint density at radius 2 is 2.13 bits per heavy atom. The van der Waals surface area contributed by atoms with Gasteiger partial charge in [-0.05, 0) is 81.3 Å². The molecule has 0 spiro atoms. The van der Waals surface area contributed by atoms with Crippen LogP contribution in [0.4, 0.5) is 10.1 Å². The zero-order valence-electron chi connectivity index (χ0n) is 14.2. The Kier molecular flexibility index (Phi) is 3.96. The van der Waals surface area contributed by atoms with Gasteiger partial charge in [-0.3, -0.25) is 0 Å². The molecule has 0 radical (unpaired) electrons. The smallest absolute Gasteiger partial charge is 0.143 e. The van der Waals surface area contributed by atoms with Crippen molar-refractivity contribution in [3.05, 3.63) is 22.8 Å². The molecule has 2 heterocycles. The van der Waals surface area contributed by atoms with E-state index in [9.17, 15) is 4.39 Å². The number of alkyl halides is 1. The van der Waals surface area contributed by atoms with E-state index in [1.54, 1.807) is 6.92 Å². The van der Waals surface area contributed by atoms with E-state index in [2.05, 4.69) is 23.2 Å². The molecule has 126 valence electrons. The molecule has 2 atom stereocenters. The lowest BCUT2D eigenvalue weighted by Gasteiger charge is -2.40. The number of ether oxygens (including phenoxy) is 1. The number of hydrogen-bond acceptors (Lipinski definition) is 3. The maximum absolute atomic E-state index is 13.8. The van der Waals surface area contributed by atoms with Gasteiger partial charge in [-0.15, -0.1) is 0 Å². The summed E-state index contributed by atoms with van der Waals surface area (Å²) in [5.41, 5.74) is 5.65. The van der Waals surface area contributed by atoms with E-state index in [4.69, 9.17) is 4.74 Å². The van der Waals surface area contributed by atoms with Gasteiger partial charge in [0.1, 0.15) is 18.5 Å².